The Morgan fingerprint density at radius 1 is 1.00 bits per heavy atom. The van der Waals surface area contributed by atoms with E-state index in [4.69, 9.17) is 10.1 Å². The number of hydrogen-bond donors (Lipinski definition) is 2. The number of anilines is 2. The quantitative estimate of drug-likeness (QED) is 0.418. The molecule has 2 aromatic carbocycles. The number of carbonyl (C=O) groups excluding carboxylic acids is 1. The molecule has 7 heteroatoms. The van der Waals surface area contributed by atoms with Crippen molar-refractivity contribution in [3.8, 4) is 22.5 Å². The van der Waals surface area contributed by atoms with E-state index in [0.29, 0.717) is 18.3 Å². The molecule has 1 unspecified atom stereocenters. The third-order valence-corrected chi connectivity index (χ3v) is 6.38. The molecule has 0 fully saturated rings. The summed E-state index contributed by atoms with van der Waals surface area (Å²) in [6.07, 6.45) is 1.91. The van der Waals surface area contributed by atoms with Crippen LogP contribution in [-0.4, -0.2) is 25.7 Å². The van der Waals surface area contributed by atoms with Gasteiger partial charge in [0, 0.05) is 40.8 Å². The van der Waals surface area contributed by atoms with Gasteiger partial charge in [-0.05, 0) is 81.1 Å². The maximum absolute atomic E-state index is 12.2. The van der Waals surface area contributed by atoms with Gasteiger partial charge in [0.1, 0.15) is 0 Å². The molecule has 2 N–H and O–H groups in total. The SMILES string of the molecule is CCn1nc(-c2ccc(-c3ccc(C)nc3)c(C)c2)nc1Nc1cc2c(cc1C)C(=O)NC2C. The predicted molar refractivity (Wildman–Crippen MR) is 134 cm³/mol. The molecule has 0 spiro atoms. The van der Waals surface area contributed by atoms with E-state index >= 15 is 0 Å². The molecule has 7 nitrogen and oxygen atoms in total. The minimum atomic E-state index is -0.0172. The van der Waals surface area contributed by atoms with Gasteiger partial charge in [-0.25, -0.2) is 4.68 Å². The highest BCUT2D eigenvalue weighted by atomic mass is 16.2. The van der Waals surface area contributed by atoms with Gasteiger partial charge < -0.3 is 10.6 Å². The summed E-state index contributed by atoms with van der Waals surface area (Å²) in [5, 5.41) is 11.2. The second-order valence-electron chi connectivity index (χ2n) is 8.87. The Hall–Kier alpha value is -4.00. The summed E-state index contributed by atoms with van der Waals surface area (Å²) in [6, 6.07) is 14.4. The first-order valence-electron chi connectivity index (χ1n) is 11.6. The van der Waals surface area contributed by atoms with Crippen LogP contribution in [0.2, 0.25) is 0 Å². The summed E-state index contributed by atoms with van der Waals surface area (Å²) in [4.78, 5) is 21.4. The summed E-state index contributed by atoms with van der Waals surface area (Å²) in [5.41, 5.74) is 9.01. The van der Waals surface area contributed by atoms with Gasteiger partial charge in [-0.2, -0.15) is 4.98 Å². The van der Waals surface area contributed by atoms with Crippen molar-refractivity contribution < 1.29 is 4.79 Å². The first kappa shape index (κ1) is 21.8. The summed E-state index contributed by atoms with van der Waals surface area (Å²) in [7, 11) is 0. The highest BCUT2D eigenvalue weighted by molar-refractivity contribution is 6.00. The van der Waals surface area contributed by atoms with E-state index in [0.717, 1.165) is 50.3 Å². The molecule has 172 valence electrons. The van der Waals surface area contributed by atoms with E-state index in [1.54, 1.807) is 0 Å². The Balaban J connectivity index is 1.46. The Labute approximate surface area is 199 Å². The van der Waals surface area contributed by atoms with E-state index < -0.39 is 0 Å². The van der Waals surface area contributed by atoms with Crippen LogP contribution >= 0.6 is 0 Å². The lowest BCUT2D eigenvalue weighted by atomic mass is 9.99. The molecule has 4 aromatic rings. The maximum atomic E-state index is 12.2. The van der Waals surface area contributed by atoms with E-state index in [9.17, 15) is 4.79 Å². The molecule has 0 bridgehead atoms. The average Bonchev–Trinajstić information content (AvgIpc) is 3.35. The number of amides is 1. The molecule has 0 radical (unpaired) electrons. The molecule has 1 aliphatic rings. The van der Waals surface area contributed by atoms with Crippen molar-refractivity contribution in [2.24, 2.45) is 0 Å². The molecule has 0 saturated carbocycles. The Morgan fingerprint density at radius 3 is 2.50 bits per heavy atom. The fourth-order valence-electron chi connectivity index (χ4n) is 4.42. The lowest BCUT2D eigenvalue weighted by molar-refractivity contribution is 0.0958. The molecular formula is C27H28N6O. The predicted octanol–water partition coefficient (Wildman–Crippen LogP) is 5.50. The van der Waals surface area contributed by atoms with Crippen molar-refractivity contribution in [2.45, 2.75) is 47.2 Å². The van der Waals surface area contributed by atoms with Crippen molar-refractivity contribution in [3.63, 3.8) is 0 Å². The van der Waals surface area contributed by atoms with Crippen LogP contribution in [-0.2, 0) is 6.54 Å². The molecule has 3 heterocycles. The molecule has 34 heavy (non-hydrogen) atoms. The van der Waals surface area contributed by atoms with Crippen molar-refractivity contribution in [2.75, 3.05) is 5.32 Å². The van der Waals surface area contributed by atoms with E-state index in [2.05, 4.69) is 46.8 Å². The molecule has 1 amide bonds. The third-order valence-electron chi connectivity index (χ3n) is 6.38. The topological polar surface area (TPSA) is 84.7 Å². The molecule has 1 aliphatic heterocycles. The standard InChI is InChI=1S/C27H28N6O/c1-6-33-27(30-24-13-22-18(5)29-26(34)23(22)12-16(24)3)31-25(32-33)19-9-10-21(15(2)11-19)20-8-7-17(4)28-14-20/h7-14,18H,6H2,1-5H3,(H,29,34)(H,30,31,32). The van der Waals surface area contributed by atoms with Crippen LogP contribution < -0.4 is 10.6 Å². The summed E-state index contributed by atoms with van der Waals surface area (Å²) in [5.74, 6) is 1.33. The van der Waals surface area contributed by atoms with Crippen molar-refractivity contribution in [3.05, 3.63) is 76.6 Å². The van der Waals surface area contributed by atoms with Gasteiger partial charge in [0.15, 0.2) is 5.82 Å². The number of fused-ring (bicyclic) bond motifs is 1. The van der Waals surface area contributed by atoms with Crippen molar-refractivity contribution >= 4 is 17.5 Å². The summed E-state index contributed by atoms with van der Waals surface area (Å²) < 4.78 is 1.86. The van der Waals surface area contributed by atoms with Gasteiger partial charge in [0.05, 0.1) is 6.04 Å². The Morgan fingerprint density at radius 2 is 1.79 bits per heavy atom. The van der Waals surface area contributed by atoms with E-state index in [1.807, 2.05) is 56.8 Å². The number of carbonyl (C=O) groups is 1. The lowest BCUT2D eigenvalue weighted by Gasteiger charge is -2.12. The van der Waals surface area contributed by atoms with Crippen molar-refractivity contribution in [1.82, 2.24) is 25.1 Å². The number of nitrogens with one attached hydrogen (secondary N) is 2. The Kier molecular flexibility index (Phi) is 5.40. The van der Waals surface area contributed by atoms with E-state index in [1.165, 1.54) is 0 Å². The van der Waals surface area contributed by atoms with Crippen LogP contribution in [0.5, 0.6) is 0 Å². The first-order chi connectivity index (χ1) is 16.3. The molecule has 1 atom stereocenters. The van der Waals surface area contributed by atoms with Gasteiger partial charge >= 0.3 is 0 Å². The third kappa shape index (κ3) is 3.83. The zero-order chi connectivity index (χ0) is 24.0. The normalized spacial score (nSPS) is 14.7. The first-order valence-corrected chi connectivity index (χ1v) is 11.6. The lowest BCUT2D eigenvalue weighted by Crippen LogP contribution is -2.16. The minimum absolute atomic E-state index is 0.00604. The number of nitrogens with zero attached hydrogens (tertiary/aromatic N) is 4. The monoisotopic (exact) mass is 452 g/mol. The minimum Gasteiger partial charge on any atom is -0.345 e. The molecule has 0 aliphatic carbocycles. The van der Waals surface area contributed by atoms with Gasteiger partial charge in [-0.15, -0.1) is 5.10 Å². The van der Waals surface area contributed by atoms with E-state index in [-0.39, 0.29) is 11.9 Å². The van der Waals surface area contributed by atoms with Crippen molar-refractivity contribution in [1.29, 1.82) is 0 Å². The zero-order valence-corrected chi connectivity index (χ0v) is 20.1. The van der Waals surface area contributed by atoms with Gasteiger partial charge in [-0.3, -0.25) is 9.78 Å². The van der Waals surface area contributed by atoms with Gasteiger partial charge in [-0.1, -0.05) is 18.2 Å². The fraction of sp³-hybridized carbons (Fsp3) is 0.259. The number of rotatable bonds is 5. The fourth-order valence-corrected chi connectivity index (χ4v) is 4.42. The van der Waals surface area contributed by atoms with Gasteiger partial charge in [0.25, 0.3) is 5.91 Å². The zero-order valence-electron chi connectivity index (χ0n) is 20.1. The second kappa shape index (κ2) is 8.41. The van der Waals surface area contributed by atoms with Crippen LogP contribution in [0, 0.1) is 20.8 Å². The highest BCUT2D eigenvalue weighted by Crippen LogP contribution is 2.32. The van der Waals surface area contributed by atoms with Crippen LogP contribution in [0.15, 0.2) is 48.7 Å². The Bertz CT molecular complexity index is 1400. The molecule has 0 saturated heterocycles. The summed E-state index contributed by atoms with van der Waals surface area (Å²) in [6.45, 7) is 10.8. The summed E-state index contributed by atoms with van der Waals surface area (Å²) >= 11 is 0. The number of benzene rings is 2. The second-order valence-corrected chi connectivity index (χ2v) is 8.87. The van der Waals surface area contributed by atoms with Crippen LogP contribution in [0.1, 0.15) is 52.6 Å². The highest BCUT2D eigenvalue weighted by Gasteiger charge is 2.26. The number of pyridine rings is 1. The van der Waals surface area contributed by atoms with Gasteiger partial charge in [0.2, 0.25) is 5.95 Å². The van der Waals surface area contributed by atoms with Crippen LogP contribution in [0.3, 0.4) is 0 Å². The molecule has 5 rings (SSSR count). The number of aryl methyl sites for hydroxylation is 4. The number of hydrogen-bond acceptors (Lipinski definition) is 5. The largest absolute Gasteiger partial charge is 0.345 e. The van der Waals surface area contributed by atoms with Crippen LogP contribution in [0.4, 0.5) is 11.6 Å². The average molecular weight is 453 g/mol. The maximum Gasteiger partial charge on any atom is 0.252 e. The molecular weight excluding hydrogens is 424 g/mol. The molecule has 2 aromatic heterocycles. The van der Waals surface area contributed by atoms with Crippen LogP contribution in [0.25, 0.3) is 22.5 Å². The smallest absolute Gasteiger partial charge is 0.252 e. The number of aromatic nitrogens is 4.